The predicted molar refractivity (Wildman–Crippen MR) is 144 cm³/mol. The van der Waals surface area contributed by atoms with E-state index in [0.29, 0.717) is 34.3 Å². The maximum atomic E-state index is 12.9. The van der Waals surface area contributed by atoms with E-state index in [2.05, 4.69) is 27.4 Å². The number of benzene rings is 2. The van der Waals surface area contributed by atoms with Gasteiger partial charge in [-0.25, -0.2) is 4.79 Å². The van der Waals surface area contributed by atoms with Crippen molar-refractivity contribution >= 4 is 35.2 Å². The molecule has 3 aromatic rings. The highest BCUT2D eigenvalue weighted by Gasteiger charge is 2.26. The van der Waals surface area contributed by atoms with Crippen LogP contribution in [0.3, 0.4) is 0 Å². The third-order valence-electron chi connectivity index (χ3n) is 5.50. The molecule has 9 nitrogen and oxygen atoms in total. The Morgan fingerprint density at radius 3 is 2.49 bits per heavy atom. The van der Waals surface area contributed by atoms with Crippen LogP contribution in [-0.4, -0.2) is 45.4 Å². The molecule has 0 aliphatic heterocycles. The summed E-state index contributed by atoms with van der Waals surface area (Å²) in [6.45, 7) is 10.2. The van der Waals surface area contributed by atoms with Gasteiger partial charge in [-0.2, -0.15) is 0 Å². The van der Waals surface area contributed by atoms with E-state index in [1.54, 1.807) is 42.5 Å². The Hall–Kier alpha value is -3.92. The molecule has 0 spiro atoms. The second kappa shape index (κ2) is 12.9. The van der Waals surface area contributed by atoms with E-state index in [1.165, 1.54) is 18.9 Å². The third-order valence-corrected chi connectivity index (χ3v) is 6.47. The fourth-order valence-electron chi connectivity index (χ4n) is 3.57. The molecular weight excluding hydrogens is 490 g/mol. The minimum Gasteiger partial charge on any atom is -0.465 e. The average molecular weight is 522 g/mol. The largest absolute Gasteiger partial charge is 0.465 e. The zero-order chi connectivity index (χ0) is 26.9. The molecule has 0 aliphatic rings. The molecule has 2 N–H and O–H groups in total. The van der Waals surface area contributed by atoms with Gasteiger partial charge in [-0.3, -0.25) is 9.59 Å². The molecule has 10 heteroatoms. The molecule has 0 saturated heterocycles. The Morgan fingerprint density at radius 1 is 1.11 bits per heavy atom. The molecule has 0 unspecified atom stereocenters. The van der Waals surface area contributed by atoms with Crippen LogP contribution in [0.5, 0.6) is 0 Å². The Kier molecular flexibility index (Phi) is 9.62. The van der Waals surface area contributed by atoms with Crippen LogP contribution in [0.15, 0.2) is 66.3 Å². The highest BCUT2D eigenvalue weighted by molar-refractivity contribution is 7.99. The number of thioether (sulfide) groups is 1. The summed E-state index contributed by atoms with van der Waals surface area (Å²) in [5, 5.41) is 15.0. The number of aryl methyl sites for hydroxylation is 1. The van der Waals surface area contributed by atoms with Crippen LogP contribution in [-0.2, 0) is 16.1 Å². The molecule has 194 valence electrons. The van der Waals surface area contributed by atoms with E-state index in [-0.39, 0.29) is 23.5 Å². The minimum atomic E-state index is -0.482. The molecule has 0 fully saturated rings. The number of aromatic nitrogens is 3. The first-order valence-electron chi connectivity index (χ1n) is 11.8. The number of esters is 1. The predicted octanol–water partition coefficient (Wildman–Crippen LogP) is 4.42. The lowest BCUT2D eigenvalue weighted by Crippen LogP contribution is -2.33. The van der Waals surface area contributed by atoms with Gasteiger partial charge in [0.1, 0.15) is 0 Å². The zero-order valence-corrected chi connectivity index (χ0v) is 22.2. The lowest BCUT2D eigenvalue weighted by atomic mass is 10.0. The number of anilines is 1. The number of hydrogen-bond acceptors (Lipinski definition) is 7. The average Bonchev–Trinajstić information content (AvgIpc) is 3.28. The Labute approximate surface area is 220 Å². The van der Waals surface area contributed by atoms with E-state index in [0.717, 1.165) is 5.56 Å². The Bertz CT molecular complexity index is 1270. The highest BCUT2D eigenvalue weighted by atomic mass is 32.2. The van der Waals surface area contributed by atoms with E-state index in [9.17, 15) is 14.4 Å². The third kappa shape index (κ3) is 7.29. The summed E-state index contributed by atoms with van der Waals surface area (Å²) < 4.78 is 6.57. The van der Waals surface area contributed by atoms with Crippen LogP contribution >= 0.6 is 11.8 Å². The van der Waals surface area contributed by atoms with Crippen LogP contribution in [0, 0.1) is 12.8 Å². The smallest absolute Gasteiger partial charge is 0.337 e. The maximum Gasteiger partial charge on any atom is 0.337 e. The van der Waals surface area contributed by atoms with Gasteiger partial charge < -0.3 is 19.9 Å². The van der Waals surface area contributed by atoms with Crippen molar-refractivity contribution < 1.29 is 19.1 Å². The van der Waals surface area contributed by atoms with Gasteiger partial charge >= 0.3 is 5.97 Å². The van der Waals surface area contributed by atoms with Crippen molar-refractivity contribution in [3.05, 3.63) is 83.7 Å². The Balaban J connectivity index is 1.73. The lowest BCUT2D eigenvalue weighted by Gasteiger charge is -2.22. The quantitative estimate of drug-likeness (QED) is 0.218. The number of carbonyl (C=O) groups is 3. The maximum absolute atomic E-state index is 12.9. The van der Waals surface area contributed by atoms with Gasteiger partial charge in [0.25, 0.3) is 5.91 Å². The van der Waals surface area contributed by atoms with Gasteiger partial charge in [-0.1, -0.05) is 55.4 Å². The normalized spacial score (nSPS) is 11.6. The number of rotatable bonds is 11. The fourth-order valence-corrected chi connectivity index (χ4v) is 4.32. The van der Waals surface area contributed by atoms with Crippen molar-refractivity contribution in [2.75, 3.05) is 18.2 Å². The number of carbonyl (C=O) groups excluding carboxylic acids is 3. The van der Waals surface area contributed by atoms with Crippen LogP contribution < -0.4 is 10.6 Å². The van der Waals surface area contributed by atoms with Gasteiger partial charge in [0.05, 0.1) is 24.5 Å². The minimum absolute atomic E-state index is 0.0328. The molecule has 2 aromatic carbocycles. The highest BCUT2D eigenvalue weighted by Crippen LogP contribution is 2.26. The second-order valence-corrected chi connectivity index (χ2v) is 9.65. The first-order valence-corrected chi connectivity index (χ1v) is 12.7. The van der Waals surface area contributed by atoms with Gasteiger partial charge in [0, 0.05) is 17.8 Å². The van der Waals surface area contributed by atoms with Crippen molar-refractivity contribution in [2.24, 2.45) is 5.92 Å². The summed E-state index contributed by atoms with van der Waals surface area (Å²) in [4.78, 5) is 37.3. The molecule has 0 aliphatic carbocycles. The van der Waals surface area contributed by atoms with Crippen LogP contribution in [0.4, 0.5) is 5.69 Å². The molecule has 0 bridgehead atoms. The Morgan fingerprint density at radius 2 is 1.84 bits per heavy atom. The molecule has 1 heterocycles. The van der Waals surface area contributed by atoms with E-state index >= 15 is 0 Å². The van der Waals surface area contributed by atoms with E-state index in [1.807, 2.05) is 37.5 Å². The van der Waals surface area contributed by atoms with Gasteiger partial charge in [0.15, 0.2) is 11.0 Å². The fraction of sp³-hybridized carbons (Fsp3) is 0.296. The van der Waals surface area contributed by atoms with E-state index in [4.69, 9.17) is 4.74 Å². The van der Waals surface area contributed by atoms with Crippen molar-refractivity contribution in [3.63, 3.8) is 0 Å². The summed E-state index contributed by atoms with van der Waals surface area (Å²) in [6.07, 6.45) is 1.72. The lowest BCUT2D eigenvalue weighted by molar-refractivity contribution is -0.113. The molecule has 0 radical (unpaired) electrons. The number of amides is 2. The van der Waals surface area contributed by atoms with Gasteiger partial charge in [-0.15, -0.1) is 16.8 Å². The number of hydrogen-bond donors (Lipinski definition) is 2. The van der Waals surface area contributed by atoms with Gasteiger partial charge in [-0.05, 0) is 43.2 Å². The first kappa shape index (κ1) is 27.7. The molecule has 2 amide bonds. The molecular formula is C27H31N5O4S. The number of nitrogens with zero attached hydrogens (tertiary/aromatic N) is 3. The molecule has 3 rings (SSSR count). The number of nitrogens with one attached hydrogen (secondary N) is 2. The summed E-state index contributed by atoms with van der Waals surface area (Å²) in [5.74, 6) is -0.261. The number of ether oxygens (including phenoxy) is 1. The van der Waals surface area contributed by atoms with Crippen LogP contribution in [0.1, 0.15) is 52.0 Å². The summed E-state index contributed by atoms with van der Waals surface area (Å²) in [6, 6.07) is 13.5. The molecule has 1 aromatic heterocycles. The molecule has 1 atom stereocenters. The summed E-state index contributed by atoms with van der Waals surface area (Å²) in [7, 11) is 1.30. The van der Waals surface area contributed by atoms with Crippen LogP contribution in [0.25, 0.3) is 0 Å². The standard InChI is InChI=1S/C27H31N5O4S/c1-6-14-32-24(23(17(2)3)29-25(34)19-12-10-18(4)11-13-19)30-31-27(32)37-16-22(33)28-21-9-7-8-20(15-21)26(35)36-5/h6-13,15,17,23H,1,14,16H2,2-5H3,(H,28,33)(H,29,34)/t23-/m1/s1. The second-order valence-electron chi connectivity index (χ2n) is 8.71. The monoisotopic (exact) mass is 521 g/mol. The van der Waals surface area contributed by atoms with E-state index < -0.39 is 12.0 Å². The van der Waals surface area contributed by atoms with Gasteiger partial charge in [0.2, 0.25) is 5.91 Å². The summed E-state index contributed by atoms with van der Waals surface area (Å²) >= 11 is 1.22. The van der Waals surface area contributed by atoms with Crippen LogP contribution in [0.2, 0.25) is 0 Å². The molecule has 37 heavy (non-hydrogen) atoms. The van der Waals surface area contributed by atoms with Crippen molar-refractivity contribution in [1.82, 2.24) is 20.1 Å². The van der Waals surface area contributed by atoms with Crippen molar-refractivity contribution in [2.45, 2.75) is 38.5 Å². The first-order chi connectivity index (χ1) is 17.7. The van der Waals surface area contributed by atoms with Crippen molar-refractivity contribution in [3.8, 4) is 0 Å². The summed E-state index contributed by atoms with van der Waals surface area (Å²) in [5.41, 5.74) is 2.47. The van der Waals surface area contributed by atoms with Crippen molar-refractivity contribution in [1.29, 1.82) is 0 Å². The number of methoxy groups -OCH3 is 1. The topological polar surface area (TPSA) is 115 Å². The molecule has 0 saturated carbocycles. The zero-order valence-electron chi connectivity index (χ0n) is 21.4. The number of allylic oxidation sites excluding steroid dienone is 1. The SMILES string of the molecule is C=CCn1c(SCC(=O)Nc2cccc(C(=O)OC)c2)nnc1[C@H](NC(=O)c1ccc(C)cc1)C(C)C.